The summed E-state index contributed by atoms with van der Waals surface area (Å²) in [6.45, 7) is 0. The van der Waals surface area contributed by atoms with Gasteiger partial charge in [-0.1, -0.05) is 0 Å². The molecule has 1 rings (SSSR count). The Kier molecular flexibility index (Phi) is 4.45. The minimum absolute atomic E-state index is 0.287. The molecule has 5 nitrogen and oxygen atoms in total. The number of nitrogens with zero attached hydrogens (tertiary/aromatic N) is 2. The Balaban J connectivity index is 3.10. The van der Waals surface area contributed by atoms with E-state index in [0.29, 0.717) is 0 Å². The molecule has 0 aliphatic rings. The zero-order valence-electron chi connectivity index (χ0n) is 8.68. The van der Waals surface area contributed by atoms with E-state index in [9.17, 15) is 26.3 Å². The van der Waals surface area contributed by atoms with Gasteiger partial charge in [-0.05, 0) is 15.9 Å². The first-order valence-corrected chi connectivity index (χ1v) is 5.14. The van der Waals surface area contributed by atoms with Gasteiger partial charge in [0.25, 0.3) is 6.10 Å². The van der Waals surface area contributed by atoms with E-state index in [1.165, 1.54) is 0 Å². The number of aromatic nitrogens is 2. The number of ether oxygens (including phenoxy) is 1. The van der Waals surface area contributed by atoms with Crippen LogP contribution in [0.15, 0.2) is 10.7 Å². The van der Waals surface area contributed by atoms with Gasteiger partial charge in [0.2, 0.25) is 11.8 Å². The van der Waals surface area contributed by atoms with E-state index in [4.69, 9.17) is 5.84 Å². The molecule has 0 unspecified atom stereocenters. The fraction of sp³-hybridized carbons (Fsp3) is 0.429. The van der Waals surface area contributed by atoms with E-state index in [2.05, 4.69) is 30.6 Å². The number of nitrogens with one attached hydrogen (secondary N) is 1. The van der Waals surface area contributed by atoms with Crippen molar-refractivity contribution in [1.82, 2.24) is 9.97 Å². The van der Waals surface area contributed by atoms with Crippen LogP contribution < -0.4 is 16.0 Å². The van der Waals surface area contributed by atoms with Gasteiger partial charge >= 0.3 is 12.4 Å². The van der Waals surface area contributed by atoms with Gasteiger partial charge in [0.15, 0.2) is 0 Å². The van der Waals surface area contributed by atoms with Crippen molar-refractivity contribution in [2.75, 3.05) is 5.43 Å². The van der Waals surface area contributed by atoms with Crippen LogP contribution in [0.4, 0.5) is 32.3 Å². The quantitative estimate of drug-likeness (QED) is 0.495. The topological polar surface area (TPSA) is 73.1 Å². The molecule has 0 spiro atoms. The van der Waals surface area contributed by atoms with Crippen molar-refractivity contribution in [3.8, 4) is 5.88 Å². The fourth-order valence-electron chi connectivity index (χ4n) is 0.935. The molecule has 0 fully saturated rings. The number of rotatable bonds is 3. The first-order chi connectivity index (χ1) is 8.55. The van der Waals surface area contributed by atoms with E-state index in [1.807, 2.05) is 5.43 Å². The molecular weight excluding hydrogens is 350 g/mol. The van der Waals surface area contributed by atoms with Crippen LogP contribution in [-0.2, 0) is 0 Å². The number of hydrogen-bond donors (Lipinski definition) is 2. The molecule has 0 aliphatic carbocycles. The zero-order chi connectivity index (χ0) is 14.8. The van der Waals surface area contributed by atoms with Gasteiger partial charge in [0, 0.05) is 0 Å². The van der Waals surface area contributed by atoms with Crippen LogP contribution in [0.2, 0.25) is 0 Å². The van der Waals surface area contributed by atoms with Crippen molar-refractivity contribution in [3.05, 3.63) is 10.7 Å². The van der Waals surface area contributed by atoms with Gasteiger partial charge in [-0.2, -0.15) is 31.3 Å². The number of alkyl halides is 6. The van der Waals surface area contributed by atoms with E-state index < -0.39 is 30.3 Å². The minimum atomic E-state index is -5.64. The number of anilines is 1. The summed E-state index contributed by atoms with van der Waals surface area (Å²) in [5, 5.41) is 0. The molecule has 1 aromatic rings. The first-order valence-electron chi connectivity index (χ1n) is 4.35. The molecule has 1 heterocycles. The van der Waals surface area contributed by atoms with Crippen molar-refractivity contribution in [3.63, 3.8) is 0 Å². The highest BCUT2D eigenvalue weighted by atomic mass is 79.9. The maximum Gasteiger partial charge on any atom is 0.434 e. The number of nitrogens with two attached hydrogens (primary N) is 1. The van der Waals surface area contributed by atoms with Crippen molar-refractivity contribution in [2.24, 2.45) is 5.84 Å². The third-order valence-corrected chi connectivity index (χ3v) is 2.21. The molecule has 108 valence electrons. The summed E-state index contributed by atoms with van der Waals surface area (Å²) >= 11 is 2.67. The summed E-state index contributed by atoms with van der Waals surface area (Å²) in [5.74, 6) is 3.54. The molecule has 19 heavy (non-hydrogen) atoms. The molecule has 0 saturated heterocycles. The molecule has 0 amide bonds. The molecule has 1 aromatic heterocycles. The maximum atomic E-state index is 12.3. The standard InChI is InChI=1S/C7H5BrF6N4O/c8-2-1-16-5(18-15)17-3(2)19-4(6(9,10)11)7(12,13)14/h1,4H,15H2,(H,16,17,18). The molecule has 0 aromatic carbocycles. The summed E-state index contributed by atoms with van der Waals surface area (Å²) in [4.78, 5) is 6.69. The van der Waals surface area contributed by atoms with Crippen LogP contribution in [0.1, 0.15) is 0 Å². The van der Waals surface area contributed by atoms with Crippen molar-refractivity contribution < 1.29 is 31.1 Å². The Bertz CT molecular complexity index is 436. The summed E-state index contributed by atoms with van der Waals surface area (Å²) in [7, 11) is 0. The summed E-state index contributed by atoms with van der Waals surface area (Å²) in [5.41, 5.74) is 1.86. The summed E-state index contributed by atoms with van der Waals surface area (Å²) < 4.78 is 77.2. The van der Waals surface area contributed by atoms with E-state index in [0.717, 1.165) is 6.20 Å². The third kappa shape index (κ3) is 4.09. The molecule has 0 aliphatic heterocycles. The van der Waals surface area contributed by atoms with Crippen LogP contribution in [0.25, 0.3) is 0 Å². The molecule has 3 N–H and O–H groups in total. The van der Waals surface area contributed by atoms with E-state index in [1.54, 1.807) is 0 Å². The second-order valence-electron chi connectivity index (χ2n) is 3.07. The van der Waals surface area contributed by atoms with Gasteiger partial charge in [0.1, 0.15) is 0 Å². The Morgan fingerprint density at radius 2 is 1.74 bits per heavy atom. The van der Waals surface area contributed by atoms with Gasteiger partial charge < -0.3 is 4.74 Å². The average Bonchev–Trinajstić information content (AvgIpc) is 2.24. The van der Waals surface area contributed by atoms with Gasteiger partial charge in [-0.15, -0.1) is 0 Å². The van der Waals surface area contributed by atoms with Crippen molar-refractivity contribution >= 4 is 21.9 Å². The number of halogens is 7. The number of hydrogen-bond acceptors (Lipinski definition) is 5. The van der Waals surface area contributed by atoms with Gasteiger partial charge in [-0.3, -0.25) is 5.43 Å². The molecule has 0 atom stereocenters. The second kappa shape index (κ2) is 5.36. The van der Waals surface area contributed by atoms with Crippen molar-refractivity contribution in [2.45, 2.75) is 18.5 Å². The summed E-state index contributed by atoms with van der Waals surface area (Å²) in [6.07, 6.45) is -14.4. The van der Waals surface area contributed by atoms with E-state index in [-0.39, 0.29) is 4.47 Å². The molecule has 0 radical (unpaired) electrons. The Morgan fingerprint density at radius 3 is 2.16 bits per heavy atom. The lowest BCUT2D eigenvalue weighted by atomic mass is 10.3. The molecule has 0 saturated carbocycles. The first kappa shape index (κ1) is 15.8. The average molecular weight is 355 g/mol. The monoisotopic (exact) mass is 354 g/mol. The SMILES string of the molecule is NNc1ncc(Br)c(OC(C(F)(F)F)C(F)(F)F)n1. The number of hydrazine groups is 1. The van der Waals surface area contributed by atoms with Crippen LogP contribution in [0.3, 0.4) is 0 Å². The van der Waals surface area contributed by atoms with Gasteiger partial charge in [-0.25, -0.2) is 10.8 Å². The highest BCUT2D eigenvalue weighted by Crippen LogP contribution is 2.37. The highest BCUT2D eigenvalue weighted by Gasteiger charge is 2.59. The largest absolute Gasteiger partial charge is 0.454 e. The van der Waals surface area contributed by atoms with Crippen LogP contribution in [-0.4, -0.2) is 28.4 Å². The third-order valence-electron chi connectivity index (χ3n) is 1.67. The Morgan fingerprint density at radius 1 is 1.21 bits per heavy atom. The van der Waals surface area contributed by atoms with E-state index >= 15 is 0 Å². The summed E-state index contributed by atoms with van der Waals surface area (Å²) in [6, 6.07) is 0. The van der Waals surface area contributed by atoms with Crippen molar-refractivity contribution in [1.29, 1.82) is 0 Å². The van der Waals surface area contributed by atoms with Gasteiger partial charge in [0.05, 0.1) is 10.7 Å². The zero-order valence-corrected chi connectivity index (χ0v) is 10.3. The molecular formula is C7H5BrF6N4O. The fourth-order valence-corrected chi connectivity index (χ4v) is 1.22. The lowest BCUT2D eigenvalue weighted by Gasteiger charge is -2.23. The number of nitrogen functional groups attached to an aromatic ring is 1. The molecule has 12 heteroatoms. The molecule has 0 bridgehead atoms. The predicted molar refractivity (Wildman–Crippen MR) is 54.1 cm³/mol. The second-order valence-corrected chi connectivity index (χ2v) is 3.93. The Labute approximate surface area is 110 Å². The predicted octanol–water partition coefficient (Wildman–Crippen LogP) is 2.40. The maximum absolute atomic E-state index is 12.3. The Hall–Kier alpha value is -1.30. The van der Waals surface area contributed by atoms with Crippen LogP contribution in [0.5, 0.6) is 5.88 Å². The van der Waals surface area contributed by atoms with Crippen LogP contribution >= 0.6 is 15.9 Å². The van der Waals surface area contributed by atoms with Crippen LogP contribution in [0, 0.1) is 0 Å². The highest BCUT2D eigenvalue weighted by molar-refractivity contribution is 9.10. The smallest absolute Gasteiger partial charge is 0.434 e. The lowest BCUT2D eigenvalue weighted by Crippen LogP contribution is -2.46. The lowest BCUT2D eigenvalue weighted by molar-refractivity contribution is -0.300. The minimum Gasteiger partial charge on any atom is -0.454 e. The normalized spacial score (nSPS) is 12.7.